The Balaban J connectivity index is 5.22. The number of rotatable bonds is 19. The van der Waals surface area contributed by atoms with E-state index in [1.54, 1.807) is 6.92 Å². The number of ether oxygens (including phenoxy) is 1. The molecule has 6 nitrogen and oxygen atoms in total. The zero-order valence-electron chi connectivity index (χ0n) is 21.6. The molecule has 1 atom stereocenters. The molecule has 33 heavy (non-hydrogen) atoms. The van der Waals surface area contributed by atoms with Gasteiger partial charge < -0.3 is 14.3 Å². The third-order valence-electron chi connectivity index (χ3n) is 6.08. The van der Waals surface area contributed by atoms with Crippen molar-refractivity contribution in [3.05, 3.63) is 40.7 Å². The van der Waals surface area contributed by atoms with Gasteiger partial charge >= 0.3 is 11.7 Å². The van der Waals surface area contributed by atoms with Crippen molar-refractivity contribution < 1.29 is 19.1 Å². The number of carbonyl (C=O) groups is 1. The molecular weight excluding hydrogens is 432 g/mol. The van der Waals surface area contributed by atoms with E-state index in [0.29, 0.717) is 32.3 Å². The van der Waals surface area contributed by atoms with Crippen molar-refractivity contribution in [2.75, 3.05) is 6.61 Å². The molecule has 0 fully saturated rings. The van der Waals surface area contributed by atoms with Crippen LogP contribution in [-0.2, 0) is 14.0 Å². The van der Waals surface area contributed by atoms with Gasteiger partial charge in [0.25, 0.3) is 0 Å². The maximum atomic E-state index is 11.5. The van der Waals surface area contributed by atoms with Gasteiger partial charge in [-0.1, -0.05) is 64.8 Å². The fourth-order valence-corrected chi connectivity index (χ4v) is 6.50. The highest BCUT2D eigenvalue weighted by molar-refractivity contribution is 6.73. The molecule has 0 aliphatic heterocycles. The monoisotopic (exact) mass is 479 g/mol. The Bertz CT molecular complexity index is 655. The Kier molecular flexibility index (Phi) is 18.4. The van der Waals surface area contributed by atoms with E-state index in [4.69, 9.17) is 9.16 Å². The van der Waals surface area contributed by atoms with Crippen molar-refractivity contribution >= 4 is 14.3 Å². The summed E-state index contributed by atoms with van der Waals surface area (Å²) in [7, 11) is -1.88. The molecule has 0 heterocycles. The quantitative estimate of drug-likeness (QED) is 0.0504. The summed E-state index contributed by atoms with van der Waals surface area (Å²) in [5.41, 5.74) is 0.257. The van der Waals surface area contributed by atoms with Crippen LogP contribution in [0.3, 0.4) is 0 Å². The second-order valence-corrected chi connectivity index (χ2v) is 13.1. The van der Waals surface area contributed by atoms with Crippen LogP contribution in [0.4, 0.5) is 0 Å². The van der Waals surface area contributed by atoms with Gasteiger partial charge in [0.2, 0.25) is 5.39 Å². The molecule has 0 amide bonds. The van der Waals surface area contributed by atoms with Gasteiger partial charge in [0.15, 0.2) is 19.1 Å². The molecule has 0 saturated carbocycles. The molecule has 1 unspecified atom stereocenters. The lowest BCUT2D eigenvalue weighted by Gasteiger charge is -2.32. The van der Waals surface area contributed by atoms with Crippen LogP contribution in [0.2, 0.25) is 18.1 Å². The van der Waals surface area contributed by atoms with Gasteiger partial charge in [-0.15, -0.1) is 0 Å². The SMILES string of the molecule is CCCCC/C=C/C=C/C(C/C(O)=C(/CCCCC(=O)OCC)[N+]#N)O[Si](CC)(CC)CC. The number of carbonyl (C=O) groups excluding carboxylic acids is 1. The second kappa shape index (κ2) is 19.5. The van der Waals surface area contributed by atoms with Crippen molar-refractivity contribution in [1.82, 2.24) is 0 Å². The number of hydrogen-bond acceptors (Lipinski definition) is 5. The Labute approximate surface area is 202 Å². The fraction of sp³-hybridized carbons (Fsp3) is 0.731. The molecule has 0 spiro atoms. The van der Waals surface area contributed by atoms with Gasteiger partial charge in [0, 0.05) is 12.8 Å². The topological polar surface area (TPSA) is 83.9 Å². The predicted octanol–water partition coefficient (Wildman–Crippen LogP) is 8.21. The highest BCUT2D eigenvalue weighted by Crippen LogP contribution is 2.27. The van der Waals surface area contributed by atoms with Crippen LogP contribution < -0.4 is 0 Å². The van der Waals surface area contributed by atoms with E-state index in [2.05, 4.69) is 38.7 Å². The Hall–Kier alpha value is -1.91. The van der Waals surface area contributed by atoms with E-state index in [1.807, 2.05) is 18.2 Å². The second-order valence-electron chi connectivity index (χ2n) is 8.42. The summed E-state index contributed by atoms with van der Waals surface area (Å²) in [6.07, 6.45) is 14.9. The van der Waals surface area contributed by atoms with E-state index >= 15 is 0 Å². The number of aliphatic hydroxyl groups is 1. The van der Waals surface area contributed by atoms with Gasteiger partial charge in [-0.2, -0.15) is 0 Å². The summed E-state index contributed by atoms with van der Waals surface area (Å²) >= 11 is 0. The third-order valence-corrected chi connectivity index (χ3v) is 10.7. The predicted molar refractivity (Wildman–Crippen MR) is 139 cm³/mol. The van der Waals surface area contributed by atoms with Crippen LogP contribution in [0, 0.1) is 5.39 Å². The maximum absolute atomic E-state index is 11.5. The Morgan fingerprint density at radius 1 is 1.00 bits per heavy atom. The normalized spacial score (nSPS) is 13.8. The molecule has 0 bridgehead atoms. The minimum Gasteiger partial charge on any atom is -0.505 e. The first-order chi connectivity index (χ1) is 15.9. The van der Waals surface area contributed by atoms with Crippen molar-refractivity contribution in [3.8, 4) is 0 Å². The van der Waals surface area contributed by atoms with E-state index in [-0.39, 0.29) is 30.0 Å². The van der Waals surface area contributed by atoms with Gasteiger partial charge in [-0.25, -0.2) is 0 Å². The third kappa shape index (κ3) is 14.1. The van der Waals surface area contributed by atoms with Crippen molar-refractivity contribution in [3.63, 3.8) is 0 Å². The lowest BCUT2D eigenvalue weighted by Crippen LogP contribution is -2.39. The van der Waals surface area contributed by atoms with Crippen LogP contribution in [0.1, 0.15) is 92.4 Å². The summed E-state index contributed by atoms with van der Waals surface area (Å²) in [6, 6.07) is 3.06. The largest absolute Gasteiger partial charge is 0.505 e. The van der Waals surface area contributed by atoms with Crippen LogP contribution in [0.5, 0.6) is 0 Å². The van der Waals surface area contributed by atoms with Crippen LogP contribution in [0.15, 0.2) is 35.8 Å². The van der Waals surface area contributed by atoms with Crippen LogP contribution in [-0.4, -0.2) is 32.1 Å². The highest BCUT2D eigenvalue weighted by Gasteiger charge is 2.32. The summed E-state index contributed by atoms with van der Waals surface area (Å²) in [4.78, 5) is 14.8. The molecule has 0 aromatic rings. The van der Waals surface area contributed by atoms with E-state index in [9.17, 15) is 15.3 Å². The van der Waals surface area contributed by atoms with Crippen LogP contribution >= 0.6 is 0 Å². The first-order valence-corrected chi connectivity index (χ1v) is 15.4. The van der Waals surface area contributed by atoms with Crippen molar-refractivity contribution in [1.29, 1.82) is 5.39 Å². The van der Waals surface area contributed by atoms with Gasteiger partial charge in [-0.3, -0.25) is 4.79 Å². The first kappa shape index (κ1) is 31.1. The molecule has 0 aliphatic rings. The highest BCUT2D eigenvalue weighted by atomic mass is 28.4. The maximum Gasteiger partial charge on any atom is 0.398 e. The number of nitrogens with zero attached hydrogens (tertiary/aromatic N) is 2. The van der Waals surface area contributed by atoms with Crippen LogP contribution in [0.25, 0.3) is 4.98 Å². The summed E-state index contributed by atoms with van der Waals surface area (Å²) in [5.74, 6) is -0.184. The average molecular weight is 480 g/mol. The van der Waals surface area contributed by atoms with Gasteiger partial charge in [0.05, 0.1) is 19.1 Å². The van der Waals surface area contributed by atoms with E-state index in [1.165, 1.54) is 19.3 Å². The van der Waals surface area contributed by atoms with Crippen molar-refractivity contribution in [2.45, 2.75) is 117 Å². The van der Waals surface area contributed by atoms with Crippen molar-refractivity contribution in [2.24, 2.45) is 0 Å². The van der Waals surface area contributed by atoms with E-state index in [0.717, 1.165) is 24.6 Å². The number of unbranched alkanes of at least 4 members (excludes halogenated alkanes) is 4. The molecule has 188 valence electrons. The summed E-state index contributed by atoms with van der Waals surface area (Å²) < 4.78 is 11.5. The molecule has 7 heteroatoms. The molecule has 0 saturated heterocycles. The molecule has 0 aromatic heterocycles. The summed E-state index contributed by atoms with van der Waals surface area (Å²) in [5, 5.41) is 20.1. The standard InChI is InChI=1S/C26H46N2O4Si/c1-6-11-12-13-14-15-16-19-23(32-33(8-3,9-4)10-5)22-25(29)24(28-27)20-17-18-21-26(30)31-7-2/h14-16,19,23H,6-13,17-18,20-22H2,1-5H3/p+1/b15-14+,19-16+,25-24+. The fourth-order valence-electron chi connectivity index (χ4n) is 3.70. The minimum absolute atomic E-state index is 0.0430. The lowest BCUT2D eigenvalue weighted by molar-refractivity contribution is -0.143. The zero-order valence-corrected chi connectivity index (χ0v) is 22.6. The number of hydrogen-bond donors (Lipinski definition) is 1. The molecule has 0 aliphatic carbocycles. The van der Waals surface area contributed by atoms with E-state index < -0.39 is 8.32 Å². The lowest BCUT2D eigenvalue weighted by atomic mass is 10.1. The smallest absolute Gasteiger partial charge is 0.398 e. The van der Waals surface area contributed by atoms with Gasteiger partial charge in [0.1, 0.15) is 0 Å². The average Bonchev–Trinajstić information content (AvgIpc) is 2.82. The zero-order chi connectivity index (χ0) is 25.0. The molecule has 0 aromatic carbocycles. The Morgan fingerprint density at radius 2 is 1.67 bits per heavy atom. The number of aliphatic hydroxyl groups excluding tert-OH is 1. The Morgan fingerprint density at radius 3 is 2.24 bits per heavy atom. The number of diazo groups is 1. The molecule has 0 rings (SSSR count). The van der Waals surface area contributed by atoms with Gasteiger partial charge in [-0.05, 0) is 50.7 Å². The number of allylic oxidation sites excluding steroid dienone is 4. The molecule has 1 N–H and O–H groups in total. The minimum atomic E-state index is -1.88. The summed E-state index contributed by atoms with van der Waals surface area (Å²) in [6.45, 7) is 10.9. The molecule has 0 radical (unpaired) electrons. The molecular formula is C26H47N2O4Si+. The first-order valence-electron chi connectivity index (χ1n) is 12.8. The number of esters is 1.